The average Bonchev–Trinajstić information content (AvgIpc) is 2.94. The summed E-state index contributed by atoms with van der Waals surface area (Å²) >= 11 is 7.63. The van der Waals surface area contributed by atoms with Crippen LogP contribution in [0.15, 0.2) is 12.1 Å². The third-order valence-electron chi connectivity index (χ3n) is 4.66. The summed E-state index contributed by atoms with van der Waals surface area (Å²) in [5.74, 6) is 0.936. The largest absolute Gasteiger partial charge is 0.340 e. The van der Waals surface area contributed by atoms with Crippen molar-refractivity contribution >= 4 is 53.7 Å². The van der Waals surface area contributed by atoms with Gasteiger partial charge in [0.25, 0.3) is 0 Å². The number of rotatable bonds is 4. The molecule has 2 aliphatic rings. The molecule has 1 aromatic heterocycles. The molecule has 8 heteroatoms. The summed E-state index contributed by atoms with van der Waals surface area (Å²) in [6.07, 6.45) is 3.03. The predicted octanol–water partition coefficient (Wildman–Crippen LogP) is 3.28. The minimum atomic E-state index is 0. The second-order valence-electron chi connectivity index (χ2n) is 6.26. The van der Waals surface area contributed by atoms with Crippen molar-refractivity contribution in [2.75, 3.05) is 39.3 Å². The number of carbonyl (C=O) groups is 1. The number of carbonyl (C=O) groups excluding carboxylic acids is 1. The molecule has 0 saturated carbocycles. The molecule has 1 N–H and O–H groups in total. The number of piperidine rings is 1. The number of piperazine rings is 1. The maximum Gasteiger partial charge on any atom is 0.222 e. The van der Waals surface area contributed by atoms with E-state index < -0.39 is 0 Å². The van der Waals surface area contributed by atoms with E-state index in [1.165, 1.54) is 4.88 Å². The van der Waals surface area contributed by atoms with E-state index in [4.69, 9.17) is 11.6 Å². The van der Waals surface area contributed by atoms with Gasteiger partial charge in [0.05, 0.1) is 4.34 Å². The molecular weight excluding hydrogens is 389 g/mol. The quantitative estimate of drug-likeness (QED) is 0.821. The SMILES string of the molecule is Cl.Cl.O=C(CC1CCNCC1)N1CCN(Cc2ccc(Cl)s2)CC1. The van der Waals surface area contributed by atoms with Crippen LogP contribution >= 0.6 is 47.8 Å². The minimum Gasteiger partial charge on any atom is -0.340 e. The first-order valence-electron chi connectivity index (χ1n) is 8.16. The fourth-order valence-electron chi connectivity index (χ4n) is 3.27. The zero-order valence-corrected chi connectivity index (χ0v) is 16.9. The monoisotopic (exact) mass is 413 g/mol. The van der Waals surface area contributed by atoms with Gasteiger partial charge < -0.3 is 10.2 Å². The Hall–Kier alpha value is -0.0400. The molecule has 0 atom stereocenters. The van der Waals surface area contributed by atoms with Gasteiger partial charge in [0.2, 0.25) is 5.91 Å². The molecule has 1 aromatic rings. The third-order valence-corrected chi connectivity index (χ3v) is 5.87. The highest BCUT2D eigenvalue weighted by Crippen LogP contribution is 2.23. The van der Waals surface area contributed by atoms with E-state index in [2.05, 4.69) is 21.2 Å². The van der Waals surface area contributed by atoms with Gasteiger partial charge in [-0.25, -0.2) is 0 Å². The summed E-state index contributed by atoms with van der Waals surface area (Å²) in [5, 5.41) is 3.36. The van der Waals surface area contributed by atoms with Gasteiger partial charge >= 0.3 is 0 Å². The van der Waals surface area contributed by atoms with Crippen molar-refractivity contribution in [3.63, 3.8) is 0 Å². The Kier molecular flexibility index (Phi) is 9.94. The number of nitrogens with one attached hydrogen (secondary N) is 1. The van der Waals surface area contributed by atoms with Gasteiger partial charge in [-0.05, 0) is 44.0 Å². The van der Waals surface area contributed by atoms with Crippen LogP contribution in [0.2, 0.25) is 4.34 Å². The molecule has 3 heterocycles. The first kappa shape index (κ1) is 22.0. The molecule has 0 aliphatic carbocycles. The second kappa shape index (κ2) is 10.8. The van der Waals surface area contributed by atoms with Crippen molar-refractivity contribution < 1.29 is 4.79 Å². The molecule has 0 aromatic carbocycles. The number of thiophene rings is 1. The Morgan fingerprint density at radius 3 is 2.42 bits per heavy atom. The molecule has 138 valence electrons. The van der Waals surface area contributed by atoms with E-state index >= 15 is 0 Å². The smallest absolute Gasteiger partial charge is 0.222 e. The fourth-order valence-corrected chi connectivity index (χ4v) is 4.40. The van der Waals surface area contributed by atoms with Crippen LogP contribution in [0.5, 0.6) is 0 Å². The van der Waals surface area contributed by atoms with Gasteiger partial charge in [0.1, 0.15) is 0 Å². The minimum absolute atomic E-state index is 0. The summed E-state index contributed by atoms with van der Waals surface area (Å²) in [7, 11) is 0. The zero-order valence-electron chi connectivity index (χ0n) is 13.7. The van der Waals surface area contributed by atoms with Gasteiger partial charge in [-0.15, -0.1) is 36.2 Å². The Bertz CT molecular complexity index is 501. The van der Waals surface area contributed by atoms with Crippen LogP contribution in [0.3, 0.4) is 0 Å². The molecule has 0 radical (unpaired) electrons. The van der Waals surface area contributed by atoms with Crippen LogP contribution in [-0.2, 0) is 11.3 Å². The van der Waals surface area contributed by atoms with Gasteiger partial charge in [-0.3, -0.25) is 9.69 Å². The lowest BCUT2D eigenvalue weighted by Gasteiger charge is -2.35. The van der Waals surface area contributed by atoms with Crippen LogP contribution in [0.25, 0.3) is 0 Å². The number of hydrogen-bond donors (Lipinski definition) is 1. The van der Waals surface area contributed by atoms with Crippen molar-refractivity contribution in [3.8, 4) is 0 Å². The van der Waals surface area contributed by atoms with Crippen LogP contribution < -0.4 is 5.32 Å². The van der Waals surface area contributed by atoms with Gasteiger partial charge in [-0.2, -0.15) is 0 Å². The summed E-state index contributed by atoms with van der Waals surface area (Å²) < 4.78 is 0.853. The zero-order chi connectivity index (χ0) is 15.4. The standard InChI is InChI=1S/C16H24ClN3OS.2ClH/c17-15-2-1-14(22-15)12-19-7-9-20(10-8-19)16(21)11-13-3-5-18-6-4-13;;/h1-2,13,18H,3-12H2;2*1H. The van der Waals surface area contributed by atoms with Crippen molar-refractivity contribution in [3.05, 3.63) is 21.3 Å². The van der Waals surface area contributed by atoms with E-state index in [9.17, 15) is 4.79 Å². The van der Waals surface area contributed by atoms with Crippen LogP contribution in [-0.4, -0.2) is 55.0 Å². The van der Waals surface area contributed by atoms with Gasteiger partial charge in [-0.1, -0.05) is 11.6 Å². The Balaban J connectivity index is 0.00000144. The molecule has 2 saturated heterocycles. The molecular formula is C16H26Cl3N3OS. The van der Waals surface area contributed by atoms with Crippen molar-refractivity contribution in [2.45, 2.75) is 25.8 Å². The van der Waals surface area contributed by atoms with Crippen LogP contribution in [0, 0.1) is 5.92 Å². The molecule has 24 heavy (non-hydrogen) atoms. The molecule has 1 amide bonds. The first-order chi connectivity index (χ1) is 10.7. The number of nitrogens with zero attached hydrogens (tertiary/aromatic N) is 2. The first-order valence-corrected chi connectivity index (χ1v) is 9.35. The third kappa shape index (κ3) is 6.36. The van der Waals surface area contributed by atoms with Gasteiger partial charge in [0.15, 0.2) is 0 Å². The Morgan fingerprint density at radius 2 is 1.83 bits per heavy atom. The fraction of sp³-hybridized carbons (Fsp3) is 0.688. The highest BCUT2D eigenvalue weighted by molar-refractivity contribution is 7.16. The van der Waals surface area contributed by atoms with Gasteiger partial charge in [0, 0.05) is 44.0 Å². The summed E-state index contributed by atoms with van der Waals surface area (Å²) in [5.41, 5.74) is 0. The lowest BCUT2D eigenvalue weighted by atomic mass is 9.94. The van der Waals surface area contributed by atoms with E-state index in [-0.39, 0.29) is 24.8 Å². The van der Waals surface area contributed by atoms with E-state index in [1.54, 1.807) is 11.3 Å². The number of amides is 1. The molecule has 0 bridgehead atoms. The van der Waals surface area contributed by atoms with Crippen molar-refractivity contribution in [1.29, 1.82) is 0 Å². The molecule has 2 fully saturated rings. The average molecular weight is 415 g/mol. The predicted molar refractivity (Wildman–Crippen MR) is 106 cm³/mol. The maximum atomic E-state index is 12.4. The van der Waals surface area contributed by atoms with Crippen molar-refractivity contribution in [2.24, 2.45) is 5.92 Å². The maximum absolute atomic E-state index is 12.4. The lowest BCUT2D eigenvalue weighted by molar-refractivity contribution is -0.134. The molecule has 0 spiro atoms. The summed E-state index contributed by atoms with van der Waals surface area (Å²) in [4.78, 5) is 18.2. The van der Waals surface area contributed by atoms with Crippen LogP contribution in [0.4, 0.5) is 0 Å². The summed E-state index contributed by atoms with van der Waals surface area (Å²) in [6, 6.07) is 4.06. The van der Waals surface area contributed by atoms with Crippen molar-refractivity contribution in [1.82, 2.24) is 15.1 Å². The topological polar surface area (TPSA) is 35.6 Å². The Morgan fingerprint density at radius 1 is 1.17 bits per heavy atom. The number of hydrogen-bond acceptors (Lipinski definition) is 4. The molecule has 3 rings (SSSR count). The van der Waals surface area contributed by atoms with E-state index in [0.29, 0.717) is 11.8 Å². The lowest BCUT2D eigenvalue weighted by Crippen LogP contribution is -2.48. The molecule has 0 unspecified atom stereocenters. The number of halogens is 3. The van der Waals surface area contributed by atoms with E-state index in [1.807, 2.05) is 6.07 Å². The highest BCUT2D eigenvalue weighted by atomic mass is 35.5. The van der Waals surface area contributed by atoms with E-state index in [0.717, 1.165) is 69.4 Å². The highest BCUT2D eigenvalue weighted by Gasteiger charge is 2.24. The Labute approximate surface area is 165 Å². The molecule has 2 aliphatic heterocycles. The van der Waals surface area contributed by atoms with Crippen LogP contribution in [0.1, 0.15) is 24.1 Å². The summed E-state index contributed by atoms with van der Waals surface area (Å²) in [6.45, 7) is 6.74. The molecule has 4 nitrogen and oxygen atoms in total. The second-order valence-corrected chi connectivity index (χ2v) is 8.06. The normalized spacial score (nSPS) is 19.5.